The van der Waals surface area contributed by atoms with Gasteiger partial charge in [0.2, 0.25) is 0 Å². The van der Waals surface area contributed by atoms with Gasteiger partial charge in [-0.05, 0) is 56.0 Å². The summed E-state index contributed by atoms with van der Waals surface area (Å²) in [4.78, 5) is 13.7. The van der Waals surface area contributed by atoms with Gasteiger partial charge < -0.3 is 20.1 Å². The molecule has 1 unspecified atom stereocenters. The minimum absolute atomic E-state index is 0.232. The molecule has 22 heavy (non-hydrogen) atoms. The van der Waals surface area contributed by atoms with Crippen LogP contribution >= 0.6 is 11.3 Å². The number of thiophene rings is 1. The second kappa shape index (κ2) is 7.44. The van der Waals surface area contributed by atoms with Gasteiger partial charge >= 0.3 is 6.09 Å². The lowest BCUT2D eigenvalue weighted by atomic mass is 10.0. The van der Waals surface area contributed by atoms with E-state index >= 15 is 0 Å². The summed E-state index contributed by atoms with van der Waals surface area (Å²) in [5.74, 6) is 0. The van der Waals surface area contributed by atoms with E-state index in [9.17, 15) is 9.90 Å². The molecule has 1 fully saturated rings. The highest BCUT2D eigenvalue weighted by Gasteiger charge is 2.26. The molecule has 0 aromatic carbocycles. The molecule has 5 nitrogen and oxygen atoms in total. The molecule has 2 rings (SSSR count). The lowest BCUT2D eigenvalue weighted by molar-refractivity contribution is 0.0194. The number of nitrogens with one attached hydrogen (secondary N) is 1. The van der Waals surface area contributed by atoms with Crippen LogP contribution in [0.3, 0.4) is 0 Å². The van der Waals surface area contributed by atoms with E-state index in [-0.39, 0.29) is 6.09 Å². The van der Waals surface area contributed by atoms with Crippen LogP contribution in [0.1, 0.15) is 45.3 Å². The van der Waals surface area contributed by atoms with Crippen LogP contribution < -0.4 is 5.32 Å². The summed E-state index contributed by atoms with van der Waals surface area (Å²) in [6.07, 6.45) is 1.07. The van der Waals surface area contributed by atoms with E-state index in [4.69, 9.17) is 4.74 Å². The molecule has 0 spiro atoms. The second-order valence-corrected chi connectivity index (χ2v) is 7.50. The maximum Gasteiger partial charge on any atom is 0.410 e. The van der Waals surface area contributed by atoms with Crippen molar-refractivity contribution in [3.05, 3.63) is 22.4 Å². The highest BCUT2D eigenvalue weighted by Crippen LogP contribution is 2.18. The fourth-order valence-electron chi connectivity index (χ4n) is 2.45. The van der Waals surface area contributed by atoms with Crippen LogP contribution in [0.2, 0.25) is 0 Å². The van der Waals surface area contributed by atoms with Gasteiger partial charge in [-0.2, -0.15) is 11.3 Å². The van der Waals surface area contributed by atoms with Gasteiger partial charge in [-0.1, -0.05) is 0 Å². The van der Waals surface area contributed by atoms with Crippen LogP contribution in [0.25, 0.3) is 0 Å². The Hall–Kier alpha value is -1.11. The molecule has 1 amide bonds. The van der Waals surface area contributed by atoms with Crippen LogP contribution in [0.15, 0.2) is 16.8 Å². The van der Waals surface area contributed by atoms with Gasteiger partial charge in [0.25, 0.3) is 0 Å². The Kier molecular flexibility index (Phi) is 5.83. The van der Waals surface area contributed by atoms with Gasteiger partial charge in [-0.3, -0.25) is 0 Å². The molecule has 1 saturated heterocycles. The zero-order valence-electron chi connectivity index (χ0n) is 13.5. The predicted octanol–water partition coefficient (Wildman–Crippen LogP) is 2.77. The average Bonchev–Trinajstić information content (AvgIpc) is 2.97. The van der Waals surface area contributed by atoms with Gasteiger partial charge in [0.05, 0.1) is 6.10 Å². The van der Waals surface area contributed by atoms with Crippen molar-refractivity contribution < 1.29 is 14.6 Å². The first-order valence-electron chi connectivity index (χ1n) is 7.76. The smallest absolute Gasteiger partial charge is 0.410 e. The number of likely N-dealkylation sites (tertiary alicyclic amines) is 1. The highest BCUT2D eigenvalue weighted by atomic mass is 32.1. The van der Waals surface area contributed by atoms with Gasteiger partial charge in [0.1, 0.15) is 5.60 Å². The lowest BCUT2D eigenvalue weighted by Gasteiger charge is -2.34. The second-order valence-electron chi connectivity index (χ2n) is 6.72. The predicted molar refractivity (Wildman–Crippen MR) is 88.1 cm³/mol. The summed E-state index contributed by atoms with van der Waals surface area (Å²) in [6.45, 7) is 7.58. The fraction of sp³-hybridized carbons (Fsp3) is 0.688. The maximum absolute atomic E-state index is 12.0. The molecule has 1 atom stereocenters. The number of rotatable bonds is 4. The molecule has 0 saturated carbocycles. The van der Waals surface area contributed by atoms with Crippen molar-refractivity contribution in [3.63, 3.8) is 0 Å². The van der Waals surface area contributed by atoms with Crippen molar-refractivity contribution in [2.24, 2.45) is 0 Å². The fourth-order valence-corrected chi connectivity index (χ4v) is 3.16. The third kappa shape index (κ3) is 5.26. The minimum Gasteiger partial charge on any atom is -0.444 e. The van der Waals surface area contributed by atoms with E-state index in [1.807, 2.05) is 37.6 Å². The van der Waals surface area contributed by atoms with Crippen LogP contribution in [0.4, 0.5) is 4.79 Å². The van der Waals surface area contributed by atoms with Gasteiger partial charge in [0, 0.05) is 25.7 Å². The average molecular weight is 326 g/mol. The Balaban J connectivity index is 1.70. The van der Waals surface area contributed by atoms with E-state index in [2.05, 4.69) is 5.32 Å². The number of hydrogen-bond donors (Lipinski definition) is 2. The summed E-state index contributed by atoms with van der Waals surface area (Å²) in [5, 5.41) is 17.4. The number of carbonyl (C=O) groups is 1. The topological polar surface area (TPSA) is 61.8 Å². The van der Waals surface area contributed by atoms with E-state index in [1.165, 1.54) is 0 Å². The van der Waals surface area contributed by atoms with Crippen molar-refractivity contribution in [2.45, 2.75) is 51.4 Å². The first-order valence-corrected chi connectivity index (χ1v) is 8.71. The van der Waals surface area contributed by atoms with Crippen LogP contribution in [-0.4, -0.2) is 47.4 Å². The summed E-state index contributed by atoms with van der Waals surface area (Å²) in [6, 6.07) is 2.29. The number of nitrogens with zero attached hydrogens (tertiary/aromatic N) is 1. The van der Waals surface area contributed by atoms with Gasteiger partial charge in [-0.25, -0.2) is 4.79 Å². The summed E-state index contributed by atoms with van der Waals surface area (Å²) in [7, 11) is 0. The van der Waals surface area contributed by atoms with Crippen molar-refractivity contribution in [1.82, 2.24) is 10.2 Å². The number of aliphatic hydroxyl groups is 1. The molecule has 0 bridgehead atoms. The zero-order chi connectivity index (χ0) is 16.2. The van der Waals surface area contributed by atoms with Crippen LogP contribution in [0, 0.1) is 0 Å². The largest absolute Gasteiger partial charge is 0.444 e. The molecule has 0 aliphatic carbocycles. The summed E-state index contributed by atoms with van der Waals surface area (Å²) < 4.78 is 5.39. The molecule has 1 aromatic heterocycles. The molecular weight excluding hydrogens is 300 g/mol. The van der Waals surface area contributed by atoms with Crippen molar-refractivity contribution in [1.29, 1.82) is 0 Å². The van der Waals surface area contributed by atoms with E-state index in [0.29, 0.717) is 25.7 Å². The molecule has 2 N–H and O–H groups in total. The maximum atomic E-state index is 12.0. The Morgan fingerprint density at radius 3 is 2.73 bits per heavy atom. The van der Waals surface area contributed by atoms with Gasteiger partial charge in [-0.15, -0.1) is 0 Å². The first kappa shape index (κ1) is 17.2. The van der Waals surface area contributed by atoms with Crippen molar-refractivity contribution in [2.75, 3.05) is 19.6 Å². The Morgan fingerprint density at radius 1 is 1.50 bits per heavy atom. The molecule has 0 radical (unpaired) electrons. The van der Waals surface area contributed by atoms with Crippen LogP contribution in [0.5, 0.6) is 0 Å². The Labute approximate surface area is 136 Å². The Bertz CT molecular complexity index is 462. The number of amides is 1. The molecule has 1 aliphatic rings. The number of piperidine rings is 1. The quantitative estimate of drug-likeness (QED) is 0.893. The third-order valence-electron chi connectivity index (χ3n) is 3.67. The SMILES string of the molecule is CC(C)(C)OC(=O)N1CCC(NCC(O)c2ccsc2)CC1. The normalized spacial score (nSPS) is 18.3. The number of ether oxygens (including phenoxy) is 1. The Morgan fingerprint density at radius 2 is 2.18 bits per heavy atom. The molecule has 6 heteroatoms. The van der Waals surface area contributed by atoms with Crippen molar-refractivity contribution >= 4 is 17.4 Å². The highest BCUT2D eigenvalue weighted by molar-refractivity contribution is 7.07. The molecule has 1 aliphatic heterocycles. The third-order valence-corrected chi connectivity index (χ3v) is 4.38. The molecular formula is C16H26N2O3S. The minimum atomic E-state index is -0.463. The first-order chi connectivity index (χ1) is 10.3. The standard InChI is InChI=1S/C16H26N2O3S/c1-16(2,3)21-15(20)18-7-4-13(5-8-18)17-10-14(19)12-6-9-22-11-12/h6,9,11,13-14,17,19H,4-5,7-8,10H2,1-3H3. The molecule has 1 aromatic rings. The molecule has 124 valence electrons. The van der Waals surface area contributed by atoms with E-state index in [0.717, 1.165) is 18.4 Å². The number of carbonyl (C=O) groups excluding carboxylic acids is 1. The molecule has 2 heterocycles. The van der Waals surface area contributed by atoms with Crippen molar-refractivity contribution in [3.8, 4) is 0 Å². The van der Waals surface area contributed by atoms with E-state index < -0.39 is 11.7 Å². The number of aliphatic hydroxyl groups excluding tert-OH is 1. The lowest BCUT2D eigenvalue weighted by Crippen LogP contribution is -2.47. The zero-order valence-corrected chi connectivity index (χ0v) is 14.4. The summed E-state index contributed by atoms with van der Waals surface area (Å²) >= 11 is 1.59. The van der Waals surface area contributed by atoms with Gasteiger partial charge in [0.15, 0.2) is 0 Å². The summed E-state index contributed by atoms with van der Waals surface area (Å²) in [5.41, 5.74) is 0.514. The van der Waals surface area contributed by atoms with Crippen LogP contribution in [-0.2, 0) is 4.74 Å². The number of hydrogen-bond acceptors (Lipinski definition) is 5. The monoisotopic (exact) mass is 326 g/mol. The van der Waals surface area contributed by atoms with E-state index in [1.54, 1.807) is 16.2 Å².